The Bertz CT molecular complexity index is 383. The van der Waals surface area contributed by atoms with E-state index >= 15 is 0 Å². The SMILES string of the molecule is N#CC1=CCC(C#N)([N+](=O)[O-])C=C1. The zero-order valence-electron chi connectivity index (χ0n) is 6.60. The van der Waals surface area contributed by atoms with Crippen LogP contribution in [0.2, 0.25) is 0 Å². The highest BCUT2D eigenvalue weighted by Crippen LogP contribution is 2.23. The number of hydrogen-bond donors (Lipinski definition) is 0. The van der Waals surface area contributed by atoms with Gasteiger partial charge in [0.2, 0.25) is 0 Å². The molecule has 0 aromatic carbocycles. The normalized spacial score (nSPS) is 25.5. The van der Waals surface area contributed by atoms with Gasteiger partial charge in [0, 0.05) is 16.6 Å². The van der Waals surface area contributed by atoms with Gasteiger partial charge in [-0.3, -0.25) is 10.1 Å². The first-order chi connectivity index (χ1) is 6.14. The van der Waals surface area contributed by atoms with E-state index in [0.29, 0.717) is 5.57 Å². The molecular weight excluding hydrogens is 170 g/mol. The van der Waals surface area contributed by atoms with Gasteiger partial charge in [0.05, 0.1) is 12.5 Å². The molecule has 0 amide bonds. The summed E-state index contributed by atoms with van der Waals surface area (Å²) in [5, 5.41) is 27.6. The Labute approximate surface area is 74.3 Å². The number of rotatable bonds is 1. The molecule has 0 heterocycles. The van der Waals surface area contributed by atoms with E-state index in [1.807, 2.05) is 6.07 Å². The standard InChI is InChI=1S/C8H5N3O2/c9-5-7-1-3-8(6-10,4-2-7)11(12)13/h1-3H,4H2. The number of nitrogens with zero attached hydrogens (tertiary/aromatic N) is 3. The van der Waals surface area contributed by atoms with E-state index in [1.54, 1.807) is 6.07 Å². The van der Waals surface area contributed by atoms with Crippen LogP contribution in [0.25, 0.3) is 0 Å². The number of nitriles is 2. The highest BCUT2D eigenvalue weighted by atomic mass is 16.6. The van der Waals surface area contributed by atoms with Gasteiger partial charge in [0.15, 0.2) is 6.07 Å². The maximum atomic E-state index is 10.5. The van der Waals surface area contributed by atoms with Gasteiger partial charge in [-0.1, -0.05) is 6.08 Å². The van der Waals surface area contributed by atoms with E-state index in [2.05, 4.69) is 0 Å². The summed E-state index contributed by atoms with van der Waals surface area (Å²) in [6.45, 7) is 0. The van der Waals surface area contributed by atoms with Crippen LogP contribution in [0.15, 0.2) is 23.8 Å². The van der Waals surface area contributed by atoms with Crippen molar-refractivity contribution in [3.63, 3.8) is 0 Å². The Morgan fingerprint density at radius 2 is 2.31 bits per heavy atom. The maximum absolute atomic E-state index is 10.5. The highest BCUT2D eigenvalue weighted by Gasteiger charge is 2.40. The molecule has 0 radical (unpaired) electrons. The fourth-order valence-electron chi connectivity index (χ4n) is 0.971. The molecule has 5 heteroatoms. The minimum Gasteiger partial charge on any atom is -0.263 e. The van der Waals surface area contributed by atoms with E-state index in [9.17, 15) is 10.1 Å². The fourth-order valence-corrected chi connectivity index (χ4v) is 0.971. The van der Waals surface area contributed by atoms with Crippen LogP contribution in [0.3, 0.4) is 0 Å². The summed E-state index contributed by atoms with van der Waals surface area (Å²) in [6.07, 6.45) is 3.81. The number of nitro groups is 1. The zero-order valence-corrected chi connectivity index (χ0v) is 6.60. The lowest BCUT2D eigenvalue weighted by molar-refractivity contribution is -0.537. The minimum absolute atomic E-state index is 0.0457. The van der Waals surface area contributed by atoms with E-state index in [0.717, 1.165) is 6.08 Å². The quantitative estimate of drug-likeness (QED) is 0.438. The summed E-state index contributed by atoms with van der Waals surface area (Å²) in [6, 6.07) is 3.47. The summed E-state index contributed by atoms with van der Waals surface area (Å²) >= 11 is 0. The molecule has 0 aromatic rings. The first kappa shape index (κ1) is 8.95. The summed E-state index contributed by atoms with van der Waals surface area (Å²) in [7, 11) is 0. The van der Waals surface area contributed by atoms with Crippen molar-refractivity contribution >= 4 is 0 Å². The first-order valence-corrected chi connectivity index (χ1v) is 3.50. The highest BCUT2D eigenvalue weighted by molar-refractivity contribution is 5.40. The number of allylic oxidation sites excluding steroid dienone is 2. The summed E-state index contributed by atoms with van der Waals surface area (Å²) in [5.74, 6) is 0. The van der Waals surface area contributed by atoms with Crippen LogP contribution < -0.4 is 0 Å². The molecule has 0 fully saturated rings. The average molecular weight is 175 g/mol. The Balaban J connectivity index is 3.00. The van der Waals surface area contributed by atoms with E-state index in [1.165, 1.54) is 12.2 Å². The van der Waals surface area contributed by atoms with E-state index < -0.39 is 10.5 Å². The first-order valence-electron chi connectivity index (χ1n) is 3.50. The molecule has 0 spiro atoms. The molecule has 0 saturated carbocycles. The predicted molar refractivity (Wildman–Crippen MR) is 42.8 cm³/mol. The number of hydrogen-bond acceptors (Lipinski definition) is 4. The monoisotopic (exact) mass is 175 g/mol. The Morgan fingerprint density at radius 1 is 1.62 bits per heavy atom. The fraction of sp³-hybridized carbons (Fsp3) is 0.250. The van der Waals surface area contributed by atoms with Gasteiger partial charge in [-0.2, -0.15) is 10.5 Å². The maximum Gasteiger partial charge on any atom is 0.327 e. The minimum atomic E-state index is -1.68. The van der Waals surface area contributed by atoms with Crippen molar-refractivity contribution in [2.75, 3.05) is 0 Å². The second-order valence-electron chi connectivity index (χ2n) is 2.60. The molecule has 1 atom stereocenters. The third-order valence-electron chi connectivity index (χ3n) is 1.82. The molecular formula is C8H5N3O2. The summed E-state index contributed by atoms with van der Waals surface area (Å²) < 4.78 is 0. The van der Waals surface area contributed by atoms with Crippen LogP contribution in [0.4, 0.5) is 0 Å². The molecule has 1 aliphatic carbocycles. The molecule has 13 heavy (non-hydrogen) atoms. The Hall–Kier alpha value is -2.14. The topological polar surface area (TPSA) is 90.7 Å². The zero-order chi connectivity index (χ0) is 9.90. The van der Waals surface area contributed by atoms with Crippen molar-refractivity contribution in [3.8, 4) is 12.1 Å². The van der Waals surface area contributed by atoms with Crippen LogP contribution >= 0.6 is 0 Å². The predicted octanol–water partition coefficient (Wildman–Crippen LogP) is 0.935. The Kier molecular flexibility index (Phi) is 2.12. The van der Waals surface area contributed by atoms with Crippen molar-refractivity contribution in [2.24, 2.45) is 0 Å². The molecule has 1 rings (SSSR count). The molecule has 0 bridgehead atoms. The van der Waals surface area contributed by atoms with Crippen LogP contribution in [0.1, 0.15) is 6.42 Å². The van der Waals surface area contributed by atoms with Gasteiger partial charge in [-0.05, 0) is 6.08 Å². The molecule has 0 N–H and O–H groups in total. The lowest BCUT2D eigenvalue weighted by atomic mass is 9.91. The third kappa shape index (κ3) is 1.40. The van der Waals surface area contributed by atoms with Gasteiger partial charge in [-0.25, -0.2) is 0 Å². The van der Waals surface area contributed by atoms with Crippen LogP contribution in [0.5, 0.6) is 0 Å². The van der Waals surface area contributed by atoms with Crippen molar-refractivity contribution in [2.45, 2.75) is 12.0 Å². The molecule has 5 nitrogen and oxygen atoms in total. The smallest absolute Gasteiger partial charge is 0.263 e. The third-order valence-corrected chi connectivity index (χ3v) is 1.82. The van der Waals surface area contributed by atoms with Gasteiger partial charge in [0.1, 0.15) is 0 Å². The summed E-state index contributed by atoms with van der Waals surface area (Å²) in [5.41, 5.74) is -1.33. The van der Waals surface area contributed by atoms with Crippen LogP contribution in [-0.4, -0.2) is 10.5 Å². The molecule has 1 unspecified atom stereocenters. The average Bonchev–Trinajstić information content (AvgIpc) is 2.17. The molecule has 0 aliphatic heterocycles. The van der Waals surface area contributed by atoms with Gasteiger partial charge in [-0.15, -0.1) is 0 Å². The molecule has 0 aromatic heterocycles. The molecule has 64 valence electrons. The summed E-state index contributed by atoms with van der Waals surface area (Å²) in [4.78, 5) is 9.88. The largest absolute Gasteiger partial charge is 0.327 e. The van der Waals surface area contributed by atoms with Crippen molar-refractivity contribution in [3.05, 3.63) is 33.9 Å². The van der Waals surface area contributed by atoms with Crippen LogP contribution in [0, 0.1) is 32.8 Å². The molecule has 0 saturated heterocycles. The van der Waals surface area contributed by atoms with E-state index in [4.69, 9.17) is 10.5 Å². The lowest BCUT2D eigenvalue weighted by Crippen LogP contribution is -2.34. The van der Waals surface area contributed by atoms with Gasteiger partial charge in [0.25, 0.3) is 0 Å². The molecule has 1 aliphatic rings. The van der Waals surface area contributed by atoms with Crippen LogP contribution in [-0.2, 0) is 0 Å². The van der Waals surface area contributed by atoms with Crippen molar-refractivity contribution < 1.29 is 4.92 Å². The van der Waals surface area contributed by atoms with Gasteiger partial charge >= 0.3 is 5.54 Å². The lowest BCUT2D eigenvalue weighted by Gasteiger charge is -2.14. The second kappa shape index (κ2) is 3.08. The van der Waals surface area contributed by atoms with E-state index in [-0.39, 0.29) is 6.42 Å². The van der Waals surface area contributed by atoms with Gasteiger partial charge < -0.3 is 0 Å². The second-order valence-corrected chi connectivity index (χ2v) is 2.60. The van der Waals surface area contributed by atoms with Crippen molar-refractivity contribution in [1.82, 2.24) is 0 Å². The van der Waals surface area contributed by atoms with Crippen molar-refractivity contribution in [1.29, 1.82) is 10.5 Å². The Morgan fingerprint density at radius 3 is 2.62 bits per heavy atom.